The van der Waals surface area contributed by atoms with Crippen molar-refractivity contribution in [3.8, 4) is 11.4 Å². The lowest BCUT2D eigenvalue weighted by Crippen LogP contribution is -1.92. The van der Waals surface area contributed by atoms with Crippen LogP contribution in [0.1, 0.15) is 0 Å². The van der Waals surface area contributed by atoms with E-state index in [-0.39, 0.29) is 0 Å². The van der Waals surface area contributed by atoms with Gasteiger partial charge in [0.2, 0.25) is 0 Å². The summed E-state index contributed by atoms with van der Waals surface area (Å²) in [4.78, 5) is 4.00. The van der Waals surface area contributed by atoms with Gasteiger partial charge in [-0.2, -0.15) is 0 Å². The molecule has 3 aromatic rings. The van der Waals surface area contributed by atoms with Crippen LogP contribution in [0, 0.1) is 0 Å². The number of fused-ring (bicyclic) bond motifs is 1. The highest BCUT2D eigenvalue weighted by Gasteiger charge is 2.11. The Hall–Kier alpha value is -1.95. The number of hydrogen-bond donors (Lipinski definition) is 1. The zero-order valence-corrected chi connectivity index (χ0v) is 10.3. The molecule has 17 heavy (non-hydrogen) atoms. The van der Waals surface area contributed by atoms with Crippen molar-refractivity contribution in [2.75, 3.05) is 5.73 Å². The maximum atomic E-state index is 5.79. The van der Waals surface area contributed by atoms with Crippen LogP contribution in [0.2, 0.25) is 0 Å². The Morgan fingerprint density at radius 3 is 3.00 bits per heavy atom. The molecule has 1 aromatic carbocycles. The van der Waals surface area contributed by atoms with Crippen molar-refractivity contribution in [3.05, 3.63) is 41.3 Å². The van der Waals surface area contributed by atoms with Crippen molar-refractivity contribution >= 4 is 27.3 Å². The molecule has 2 aromatic heterocycles. The second kappa shape index (κ2) is 3.81. The summed E-state index contributed by atoms with van der Waals surface area (Å²) in [6, 6.07) is 5.59. The molecule has 0 aliphatic heterocycles. The van der Waals surface area contributed by atoms with Gasteiger partial charge < -0.3 is 5.73 Å². The van der Waals surface area contributed by atoms with Crippen molar-refractivity contribution in [1.29, 1.82) is 0 Å². The average Bonchev–Trinajstić information content (AvgIpc) is 2.76. The Morgan fingerprint density at radius 1 is 1.24 bits per heavy atom. The second-order valence-electron chi connectivity index (χ2n) is 3.57. The van der Waals surface area contributed by atoms with E-state index in [9.17, 15) is 0 Å². The van der Waals surface area contributed by atoms with E-state index in [0.29, 0.717) is 11.3 Å². The van der Waals surface area contributed by atoms with Crippen LogP contribution in [0.3, 0.4) is 0 Å². The number of nitrogens with two attached hydrogens (primary N) is 1. The van der Waals surface area contributed by atoms with E-state index in [2.05, 4.69) is 31.1 Å². The molecule has 0 saturated heterocycles. The summed E-state index contributed by atoms with van der Waals surface area (Å²) < 4.78 is 2.80. The van der Waals surface area contributed by atoms with Crippen molar-refractivity contribution in [1.82, 2.24) is 19.6 Å². The third-order valence-electron chi connectivity index (χ3n) is 2.45. The highest BCUT2D eigenvalue weighted by atomic mass is 79.9. The first-order valence-corrected chi connectivity index (χ1v) is 5.75. The normalized spacial score (nSPS) is 10.9. The average molecular weight is 290 g/mol. The molecular formula is C11H8BrN5. The summed E-state index contributed by atoms with van der Waals surface area (Å²) in [7, 11) is 0. The van der Waals surface area contributed by atoms with E-state index in [1.54, 1.807) is 12.4 Å². The van der Waals surface area contributed by atoms with Crippen molar-refractivity contribution < 1.29 is 0 Å². The summed E-state index contributed by atoms with van der Waals surface area (Å²) in [5, 5.41) is 8.21. The molecule has 6 heteroatoms. The lowest BCUT2D eigenvalue weighted by atomic mass is 10.2. The molecule has 2 N–H and O–H groups in total. The zero-order chi connectivity index (χ0) is 11.8. The molecule has 0 atom stereocenters. The van der Waals surface area contributed by atoms with Gasteiger partial charge >= 0.3 is 0 Å². The quantitative estimate of drug-likeness (QED) is 0.697. The minimum atomic E-state index is 0.689. The number of nitrogens with zero attached hydrogens (tertiary/aromatic N) is 4. The predicted molar refractivity (Wildman–Crippen MR) is 68.3 cm³/mol. The molecule has 5 nitrogen and oxygen atoms in total. The Balaban J connectivity index is 2.31. The molecular weight excluding hydrogens is 282 g/mol. The third kappa shape index (κ3) is 1.66. The summed E-state index contributed by atoms with van der Waals surface area (Å²) >= 11 is 3.49. The van der Waals surface area contributed by atoms with Gasteiger partial charge in [-0.1, -0.05) is 15.9 Å². The Labute approximate surface area is 105 Å². The van der Waals surface area contributed by atoms with Crippen LogP contribution in [-0.4, -0.2) is 19.6 Å². The van der Waals surface area contributed by atoms with Crippen LogP contribution >= 0.6 is 15.9 Å². The highest BCUT2D eigenvalue weighted by Crippen LogP contribution is 2.28. The molecule has 0 radical (unpaired) electrons. The molecule has 0 fully saturated rings. The van der Waals surface area contributed by atoms with Gasteiger partial charge in [0.05, 0.1) is 6.20 Å². The van der Waals surface area contributed by atoms with Crippen molar-refractivity contribution in [3.63, 3.8) is 0 Å². The number of aromatic nitrogens is 4. The van der Waals surface area contributed by atoms with Crippen molar-refractivity contribution in [2.45, 2.75) is 0 Å². The lowest BCUT2D eigenvalue weighted by molar-refractivity contribution is 1.11. The van der Waals surface area contributed by atoms with Crippen LogP contribution in [0.5, 0.6) is 0 Å². The molecule has 0 aliphatic carbocycles. The molecule has 0 spiro atoms. The topological polar surface area (TPSA) is 69.1 Å². The highest BCUT2D eigenvalue weighted by molar-refractivity contribution is 9.10. The molecule has 0 saturated carbocycles. The number of rotatable bonds is 1. The molecule has 84 valence electrons. The molecule has 0 bridgehead atoms. The minimum absolute atomic E-state index is 0.689. The van der Waals surface area contributed by atoms with E-state index in [1.165, 1.54) is 0 Å². The summed E-state index contributed by atoms with van der Waals surface area (Å²) in [5.74, 6) is 0.738. The number of anilines is 1. The van der Waals surface area contributed by atoms with Gasteiger partial charge in [0.1, 0.15) is 0 Å². The van der Waals surface area contributed by atoms with Crippen LogP contribution in [0.4, 0.5) is 5.69 Å². The van der Waals surface area contributed by atoms with Gasteiger partial charge in [-0.3, -0.25) is 9.38 Å². The summed E-state index contributed by atoms with van der Waals surface area (Å²) in [6.45, 7) is 0. The molecule has 2 heterocycles. The summed E-state index contributed by atoms with van der Waals surface area (Å²) in [6.07, 6.45) is 5.18. The SMILES string of the molecule is Nc1ccc(Br)c(-c2nnc3cnccn23)c1. The van der Waals surface area contributed by atoms with Gasteiger partial charge in [-0.05, 0) is 18.2 Å². The maximum absolute atomic E-state index is 5.79. The molecule has 0 amide bonds. The zero-order valence-electron chi connectivity index (χ0n) is 8.71. The molecule has 0 aliphatic rings. The van der Waals surface area contributed by atoms with Gasteiger partial charge in [-0.15, -0.1) is 10.2 Å². The van der Waals surface area contributed by atoms with E-state index in [0.717, 1.165) is 15.9 Å². The van der Waals surface area contributed by atoms with E-state index < -0.39 is 0 Å². The maximum Gasteiger partial charge on any atom is 0.179 e. The first kappa shape index (κ1) is 10.2. The Kier molecular flexibility index (Phi) is 2.29. The van der Waals surface area contributed by atoms with Crippen LogP contribution in [-0.2, 0) is 0 Å². The third-order valence-corrected chi connectivity index (χ3v) is 3.14. The number of halogens is 1. The van der Waals surface area contributed by atoms with E-state index >= 15 is 0 Å². The summed E-state index contributed by atoms with van der Waals surface area (Å²) in [5.41, 5.74) is 8.09. The Bertz CT molecular complexity index is 691. The molecule has 3 rings (SSSR count). The van der Waals surface area contributed by atoms with E-state index in [4.69, 9.17) is 5.73 Å². The fourth-order valence-corrected chi connectivity index (χ4v) is 2.08. The Morgan fingerprint density at radius 2 is 2.12 bits per heavy atom. The standard InChI is InChI=1S/C11H8BrN5/c12-9-2-1-7(13)5-8(9)11-16-15-10-6-14-3-4-17(10)11/h1-6H,13H2. The van der Waals surface area contributed by atoms with Gasteiger partial charge in [0.15, 0.2) is 11.5 Å². The number of hydrogen-bond acceptors (Lipinski definition) is 4. The predicted octanol–water partition coefficient (Wildman–Crippen LogP) is 2.14. The van der Waals surface area contributed by atoms with E-state index in [1.807, 2.05) is 28.8 Å². The van der Waals surface area contributed by atoms with Gasteiger partial charge in [0.25, 0.3) is 0 Å². The smallest absolute Gasteiger partial charge is 0.179 e. The lowest BCUT2D eigenvalue weighted by Gasteiger charge is -2.03. The number of nitrogen functional groups attached to an aromatic ring is 1. The van der Waals surface area contributed by atoms with Crippen LogP contribution in [0.25, 0.3) is 17.0 Å². The van der Waals surface area contributed by atoms with Gasteiger partial charge in [-0.25, -0.2) is 0 Å². The second-order valence-corrected chi connectivity index (χ2v) is 4.42. The van der Waals surface area contributed by atoms with Crippen LogP contribution in [0.15, 0.2) is 41.3 Å². The fraction of sp³-hybridized carbons (Fsp3) is 0. The monoisotopic (exact) mass is 289 g/mol. The first-order valence-electron chi connectivity index (χ1n) is 4.96. The van der Waals surface area contributed by atoms with Gasteiger partial charge in [0, 0.05) is 28.1 Å². The fourth-order valence-electron chi connectivity index (χ4n) is 1.65. The number of benzene rings is 1. The molecule has 0 unspecified atom stereocenters. The van der Waals surface area contributed by atoms with Crippen LogP contribution < -0.4 is 5.73 Å². The largest absolute Gasteiger partial charge is 0.399 e. The van der Waals surface area contributed by atoms with Crippen molar-refractivity contribution in [2.24, 2.45) is 0 Å². The minimum Gasteiger partial charge on any atom is -0.399 e. The first-order chi connectivity index (χ1) is 8.25.